The summed E-state index contributed by atoms with van der Waals surface area (Å²) in [6.07, 6.45) is 3.32. The monoisotopic (exact) mass is 335 g/mol. The maximum absolute atomic E-state index is 11.0. The molecule has 0 bridgehead atoms. The molecular weight excluding hydrogens is 314 g/mol. The lowest BCUT2D eigenvalue weighted by Gasteiger charge is -2.22. The van der Waals surface area contributed by atoms with Gasteiger partial charge in [-0.25, -0.2) is 9.67 Å². The lowest BCUT2D eigenvalue weighted by molar-refractivity contribution is -0.138. The standard InChI is InChI=1S/C16H21N3O5/c1-11-5-6-13(24-11)16-17-14(19(18-16)8-15(20)21)10-22-9-12-4-2-3-7-23-12/h5-6,12H,2-4,7-10H2,1H3,(H,20,21)/t12-/m0/s1. The summed E-state index contributed by atoms with van der Waals surface area (Å²) in [6, 6.07) is 3.57. The van der Waals surface area contributed by atoms with E-state index in [0.717, 1.165) is 31.6 Å². The van der Waals surface area contributed by atoms with Crippen LogP contribution in [-0.2, 0) is 27.4 Å². The van der Waals surface area contributed by atoms with Crippen LogP contribution in [0.1, 0.15) is 30.8 Å². The molecule has 0 amide bonds. The van der Waals surface area contributed by atoms with Crippen molar-refractivity contribution in [2.75, 3.05) is 13.2 Å². The van der Waals surface area contributed by atoms with Crippen molar-refractivity contribution in [2.24, 2.45) is 0 Å². The number of carboxylic acids is 1. The Morgan fingerprint density at radius 3 is 3.00 bits per heavy atom. The van der Waals surface area contributed by atoms with Crippen LogP contribution in [0.2, 0.25) is 0 Å². The van der Waals surface area contributed by atoms with Crippen LogP contribution in [0.25, 0.3) is 11.6 Å². The van der Waals surface area contributed by atoms with Crippen LogP contribution in [0.15, 0.2) is 16.5 Å². The molecule has 1 saturated heterocycles. The number of aryl methyl sites for hydroxylation is 1. The van der Waals surface area contributed by atoms with Gasteiger partial charge in [-0.2, -0.15) is 0 Å². The molecule has 1 aliphatic rings. The summed E-state index contributed by atoms with van der Waals surface area (Å²) < 4.78 is 18.1. The summed E-state index contributed by atoms with van der Waals surface area (Å²) >= 11 is 0. The van der Waals surface area contributed by atoms with Crippen molar-refractivity contribution in [1.29, 1.82) is 0 Å². The molecule has 0 saturated carbocycles. The Bertz CT molecular complexity index is 688. The van der Waals surface area contributed by atoms with E-state index in [9.17, 15) is 4.79 Å². The quantitative estimate of drug-likeness (QED) is 0.826. The molecule has 3 rings (SSSR count). The maximum Gasteiger partial charge on any atom is 0.325 e. The molecule has 0 spiro atoms. The summed E-state index contributed by atoms with van der Waals surface area (Å²) in [4.78, 5) is 15.4. The van der Waals surface area contributed by atoms with E-state index in [2.05, 4.69) is 10.1 Å². The van der Waals surface area contributed by atoms with Crippen LogP contribution in [0.4, 0.5) is 0 Å². The highest BCUT2D eigenvalue weighted by Crippen LogP contribution is 2.19. The number of ether oxygens (including phenoxy) is 2. The van der Waals surface area contributed by atoms with Gasteiger partial charge in [-0.3, -0.25) is 4.79 Å². The molecule has 1 aliphatic heterocycles. The van der Waals surface area contributed by atoms with Crippen molar-refractivity contribution in [2.45, 2.75) is 45.4 Å². The van der Waals surface area contributed by atoms with Gasteiger partial charge in [0.05, 0.1) is 12.7 Å². The molecule has 1 N–H and O–H groups in total. The van der Waals surface area contributed by atoms with Crippen LogP contribution >= 0.6 is 0 Å². The second-order valence-electron chi connectivity index (χ2n) is 5.82. The molecule has 8 nitrogen and oxygen atoms in total. The molecule has 0 aliphatic carbocycles. The molecule has 130 valence electrons. The van der Waals surface area contributed by atoms with Gasteiger partial charge < -0.3 is 19.0 Å². The fraction of sp³-hybridized carbons (Fsp3) is 0.562. The molecule has 24 heavy (non-hydrogen) atoms. The van der Waals surface area contributed by atoms with Crippen molar-refractivity contribution in [3.05, 3.63) is 23.7 Å². The number of aliphatic carboxylic acids is 1. The third kappa shape index (κ3) is 4.21. The van der Waals surface area contributed by atoms with Crippen LogP contribution in [-0.4, -0.2) is 45.2 Å². The van der Waals surface area contributed by atoms with Gasteiger partial charge in [0.15, 0.2) is 11.6 Å². The van der Waals surface area contributed by atoms with Gasteiger partial charge >= 0.3 is 5.97 Å². The van der Waals surface area contributed by atoms with Gasteiger partial charge in [-0.05, 0) is 38.3 Å². The lowest BCUT2D eigenvalue weighted by Crippen LogP contribution is -2.24. The van der Waals surface area contributed by atoms with Crippen LogP contribution in [0.5, 0.6) is 0 Å². The summed E-state index contributed by atoms with van der Waals surface area (Å²) in [5.74, 6) is 1.08. The first-order valence-corrected chi connectivity index (χ1v) is 8.03. The molecule has 8 heteroatoms. The Morgan fingerprint density at radius 1 is 1.46 bits per heavy atom. The summed E-state index contributed by atoms with van der Waals surface area (Å²) in [5.41, 5.74) is 0. The summed E-state index contributed by atoms with van der Waals surface area (Å²) in [7, 11) is 0. The first-order valence-electron chi connectivity index (χ1n) is 8.03. The lowest BCUT2D eigenvalue weighted by atomic mass is 10.1. The Hall–Kier alpha value is -2.19. The van der Waals surface area contributed by atoms with E-state index < -0.39 is 5.97 Å². The third-order valence-corrected chi connectivity index (χ3v) is 3.80. The molecule has 0 unspecified atom stereocenters. The molecule has 0 aromatic carbocycles. The highest BCUT2D eigenvalue weighted by Gasteiger charge is 2.18. The molecule has 1 atom stereocenters. The van der Waals surface area contributed by atoms with Crippen molar-refractivity contribution < 1.29 is 23.8 Å². The van der Waals surface area contributed by atoms with Crippen molar-refractivity contribution in [3.8, 4) is 11.6 Å². The van der Waals surface area contributed by atoms with E-state index in [1.54, 1.807) is 6.07 Å². The zero-order valence-electron chi connectivity index (χ0n) is 13.6. The van der Waals surface area contributed by atoms with Gasteiger partial charge in [0.1, 0.15) is 18.9 Å². The minimum atomic E-state index is -0.987. The van der Waals surface area contributed by atoms with Gasteiger partial charge in [0.2, 0.25) is 5.82 Å². The first-order chi connectivity index (χ1) is 11.6. The summed E-state index contributed by atoms with van der Waals surface area (Å²) in [5, 5.41) is 13.3. The van der Waals surface area contributed by atoms with E-state index in [1.165, 1.54) is 4.68 Å². The predicted octanol–water partition coefficient (Wildman–Crippen LogP) is 2.02. The van der Waals surface area contributed by atoms with E-state index in [0.29, 0.717) is 24.0 Å². The maximum atomic E-state index is 11.0. The molecule has 1 fully saturated rings. The minimum Gasteiger partial charge on any atom is -0.480 e. The highest BCUT2D eigenvalue weighted by molar-refractivity contribution is 5.66. The average molecular weight is 335 g/mol. The topological polar surface area (TPSA) is 99.6 Å². The number of aromatic nitrogens is 3. The number of carboxylic acid groups (broad SMARTS) is 1. The molecule has 2 aromatic heterocycles. The normalized spacial score (nSPS) is 18.0. The van der Waals surface area contributed by atoms with Crippen molar-refractivity contribution >= 4 is 5.97 Å². The van der Waals surface area contributed by atoms with Gasteiger partial charge in [0.25, 0.3) is 0 Å². The zero-order chi connectivity index (χ0) is 16.9. The number of hydrogen-bond acceptors (Lipinski definition) is 6. The van der Waals surface area contributed by atoms with E-state index >= 15 is 0 Å². The van der Waals surface area contributed by atoms with E-state index in [1.807, 2.05) is 13.0 Å². The van der Waals surface area contributed by atoms with Crippen LogP contribution < -0.4 is 0 Å². The van der Waals surface area contributed by atoms with Crippen LogP contribution in [0, 0.1) is 6.92 Å². The van der Waals surface area contributed by atoms with Gasteiger partial charge in [-0.15, -0.1) is 5.10 Å². The van der Waals surface area contributed by atoms with Crippen molar-refractivity contribution in [1.82, 2.24) is 14.8 Å². The van der Waals surface area contributed by atoms with Gasteiger partial charge in [-0.1, -0.05) is 0 Å². The number of furan rings is 1. The summed E-state index contributed by atoms with van der Waals surface area (Å²) in [6.45, 7) is 2.97. The second-order valence-corrected chi connectivity index (χ2v) is 5.82. The number of rotatable bonds is 7. The van der Waals surface area contributed by atoms with Crippen LogP contribution in [0.3, 0.4) is 0 Å². The molecule has 0 radical (unpaired) electrons. The Labute approximate surface area is 139 Å². The number of hydrogen-bond donors (Lipinski definition) is 1. The second kappa shape index (κ2) is 7.59. The number of nitrogens with zero attached hydrogens (tertiary/aromatic N) is 3. The Balaban J connectivity index is 1.67. The molecule has 2 aromatic rings. The first kappa shape index (κ1) is 16.7. The van der Waals surface area contributed by atoms with Crippen molar-refractivity contribution in [3.63, 3.8) is 0 Å². The van der Waals surface area contributed by atoms with Gasteiger partial charge in [0, 0.05) is 6.61 Å². The minimum absolute atomic E-state index is 0.0989. The van der Waals surface area contributed by atoms with E-state index in [4.69, 9.17) is 19.0 Å². The smallest absolute Gasteiger partial charge is 0.325 e. The highest BCUT2D eigenvalue weighted by atomic mass is 16.5. The third-order valence-electron chi connectivity index (χ3n) is 3.80. The molecular formula is C16H21N3O5. The predicted molar refractivity (Wildman–Crippen MR) is 83.3 cm³/mol. The SMILES string of the molecule is Cc1ccc(-c2nc(COC[C@@H]3CCCCO3)n(CC(=O)O)n2)o1. The Kier molecular flexibility index (Phi) is 5.27. The fourth-order valence-electron chi connectivity index (χ4n) is 2.62. The Morgan fingerprint density at radius 2 is 2.33 bits per heavy atom. The largest absolute Gasteiger partial charge is 0.480 e. The fourth-order valence-corrected chi connectivity index (χ4v) is 2.62. The van der Waals surface area contributed by atoms with E-state index in [-0.39, 0.29) is 19.3 Å². The molecule has 3 heterocycles. The average Bonchev–Trinajstić information content (AvgIpc) is 3.15. The number of carbonyl (C=O) groups is 1. The zero-order valence-corrected chi connectivity index (χ0v) is 13.6.